The van der Waals surface area contributed by atoms with Gasteiger partial charge in [0.25, 0.3) is 11.1 Å². The highest BCUT2D eigenvalue weighted by atomic mass is 32.1. The molecule has 0 aliphatic carbocycles. The normalized spacial score (nSPS) is 10.7. The fourth-order valence-electron chi connectivity index (χ4n) is 4.98. The van der Waals surface area contributed by atoms with E-state index in [0.29, 0.717) is 37.8 Å². The molecule has 8 nitrogen and oxygen atoms in total. The van der Waals surface area contributed by atoms with Gasteiger partial charge in [-0.05, 0) is 83.3 Å². The van der Waals surface area contributed by atoms with Crippen LogP contribution in [0.2, 0.25) is 0 Å². The van der Waals surface area contributed by atoms with Crippen LogP contribution in [0.3, 0.4) is 0 Å². The smallest absolute Gasteiger partial charge is 0.254 e. The standard InChI is InChI=1S/2C19H20N2O2S/c2*1-14-15(4-2-6-18(14)20)13-21-9-7-16(12-19(21)22)23-10-8-17-5-3-11-24-17/h2*2-7,9,11-12H,8,10,13,20H2,1H3. The van der Waals surface area contributed by atoms with Crippen LogP contribution >= 0.6 is 22.7 Å². The highest BCUT2D eigenvalue weighted by molar-refractivity contribution is 7.10. The van der Waals surface area contributed by atoms with Crippen LogP contribution in [-0.4, -0.2) is 22.3 Å². The van der Waals surface area contributed by atoms with Gasteiger partial charge in [-0.25, -0.2) is 0 Å². The maximum absolute atomic E-state index is 12.3. The molecule has 2 aromatic carbocycles. The van der Waals surface area contributed by atoms with Crippen LogP contribution in [-0.2, 0) is 25.9 Å². The van der Waals surface area contributed by atoms with Gasteiger partial charge < -0.3 is 30.1 Å². The number of thiophene rings is 2. The predicted molar refractivity (Wildman–Crippen MR) is 198 cm³/mol. The number of hydrogen-bond donors (Lipinski definition) is 2. The first-order chi connectivity index (χ1) is 23.3. The zero-order valence-electron chi connectivity index (χ0n) is 27.1. The number of benzene rings is 2. The molecular formula is C38H40N4O4S2. The summed E-state index contributed by atoms with van der Waals surface area (Å²) in [6.45, 7) is 6.09. The Morgan fingerprint density at radius 2 is 1.04 bits per heavy atom. The molecular weight excluding hydrogens is 641 g/mol. The van der Waals surface area contributed by atoms with Crippen molar-refractivity contribution in [2.45, 2.75) is 39.8 Å². The van der Waals surface area contributed by atoms with Gasteiger partial charge in [-0.3, -0.25) is 9.59 Å². The van der Waals surface area contributed by atoms with Crippen molar-refractivity contribution in [3.05, 3.63) is 161 Å². The predicted octanol–water partition coefficient (Wildman–Crippen LogP) is 6.94. The largest absolute Gasteiger partial charge is 0.493 e. The van der Waals surface area contributed by atoms with Crippen LogP contribution in [0.5, 0.6) is 11.5 Å². The van der Waals surface area contributed by atoms with E-state index in [2.05, 4.69) is 22.9 Å². The molecule has 0 spiro atoms. The lowest BCUT2D eigenvalue weighted by atomic mass is 10.1. The average molecular weight is 681 g/mol. The van der Waals surface area contributed by atoms with Crippen LogP contribution in [0.15, 0.2) is 118 Å². The van der Waals surface area contributed by atoms with Crippen molar-refractivity contribution in [1.82, 2.24) is 9.13 Å². The zero-order valence-corrected chi connectivity index (χ0v) is 28.8. The highest BCUT2D eigenvalue weighted by Gasteiger charge is 2.07. The van der Waals surface area contributed by atoms with E-state index in [1.807, 2.05) is 74.5 Å². The zero-order chi connectivity index (χ0) is 33.9. The molecule has 0 saturated heterocycles. The quantitative estimate of drug-likeness (QED) is 0.135. The van der Waals surface area contributed by atoms with Crippen LogP contribution in [0.25, 0.3) is 0 Å². The van der Waals surface area contributed by atoms with Gasteiger partial charge in [0.2, 0.25) is 0 Å². The molecule has 0 amide bonds. The minimum Gasteiger partial charge on any atom is -0.493 e. The molecule has 0 unspecified atom stereocenters. The monoisotopic (exact) mass is 680 g/mol. The van der Waals surface area contributed by atoms with Gasteiger partial charge >= 0.3 is 0 Å². The van der Waals surface area contributed by atoms with E-state index in [9.17, 15) is 9.59 Å². The Labute approximate surface area is 288 Å². The number of nitrogens with two attached hydrogens (primary N) is 2. The molecule has 4 N–H and O–H groups in total. The lowest BCUT2D eigenvalue weighted by Gasteiger charge is -2.11. The van der Waals surface area contributed by atoms with E-state index in [0.717, 1.165) is 46.5 Å². The van der Waals surface area contributed by atoms with Crippen LogP contribution < -0.4 is 32.1 Å². The molecule has 48 heavy (non-hydrogen) atoms. The highest BCUT2D eigenvalue weighted by Crippen LogP contribution is 2.18. The number of pyridine rings is 2. The fraction of sp³-hybridized carbons (Fsp3) is 0.211. The Balaban J connectivity index is 0.000000188. The molecule has 6 rings (SSSR count). The summed E-state index contributed by atoms with van der Waals surface area (Å²) >= 11 is 3.42. The summed E-state index contributed by atoms with van der Waals surface area (Å²) in [7, 11) is 0. The molecule has 10 heteroatoms. The van der Waals surface area contributed by atoms with Gasteiger partial charge in [0.1, 0.15) is 11.5 Å². The van der Waals surface area contributed by atoms with Crippen molar-refractivity contribution < 1.29 is 9.47 Å². The molecule has 0 radical (unpaired) electrons. The van der Waals surface area contributed by atoms with Crippen molar-refractivity contribution in [2.24, 2.45) is 0 Å². The van der Waals surface area contributed by atoms with Gasteiger partial charge in [-0.1, -0.05) is 36.4 Å². The third kappa shape index (κ3) is 9.49. The summed E-state index contributed by atoms with van der Waals surface area (Å²) in [5.41, 5.74) is 17.3. The Bertz CT molecular complexity index is 1890. The summed E-state index contributed by atoms with van der Waals surface area (Å²) in [4.78, 5) is 27.1. The maximum atomic E-state index is 12.3. The summed E-state index contributed by atoms with van der Waals surface area (Å²) in [6, 6.07) is 26.5. The first-order valence-corrected chi connectivity index (χ1v) is 17.4. The van der Waals surface area contributed by atoms with Crippen molar-refractivity contribution in [3.63, 3.8) is 0 Å². The lowest BCUT2D eigenvalue weighted by molar-refractivity contribution is 0.321. The topological polar surface area (TPSA) is 114 Å². The van der Waals surface area contributed by atoms with Crippen molar-refractivity contribution >= 4 is 34.0 Å². The number of rotatable bonds is 12. The molecule has 6 aromatic rings. The third-order valence-electron chi connectivity index (χ3n) is 7.99. The van der Waals surface area contributed by atoms with Crippen LogP contribution in [0, 0.1) is 13.8 Å². The molecule has 0 saturated carbocycles. The second-order valence-electron chi connectivity index (χ2n) is 11.3. The molecule has 0 fully saturated rings. The molecule has 0 aliphatic rings. The second-order valence-corrected chi connectivity index (χ2v) is 13.3. The van der Waals surface area contributed by atoms with Crippen molar-refractivity contribution in [3.8, 4) is 11.5 Å². The Hall–Kier alpha value is -5.06. The number of nitrogen functional groups attached to an aromatic ring is 2. The van der Waals surface area contributed by atoms with E-state index in [-0.39, 0.29) is 11.1 Å². The molecule has 0 bridgehead atoms. The van der Waals surface area contributed by atoms with E-state index in [1.165, 1.54) is 21.9 Å². The minimum atomic E-state index is -0.0783. The third-order valence-corrected chi connectivity index (χ3v) is 9.86. The Kier molecular flexibility index (Phi) is 11.9. The maximum Gasteiger partial charge on any atom is 0.254 e. The number of ether oxygens (including phenoxy) is 2. The van der Waals surface area contributed by atoms with E-state index < -0.39 is 0 Å². The number of anilines is 2. The molecule has 0 aliphatic heterocycles. The summed E-state index contributed by atoms with van der Waals surface area (Å²) in [6.07, 6.45) is 5.24. The number of nitrogens with zero attached hydrogens (tertiary/aromatic N) is 2. The average Bonchev–Trinajstić information content (AvgIpc) is 3.79. The van der Waals surface area contributed by atoms with E-state index in [1.54, 1.807) is 44.2 Å². The van der Waals surface area contributed by atoms with Gasteiger partial charge in [0, 0.05) is 58.5 Å². The summed E-state index contributed by atoms with van der Waals surface area (Å²) < 4.78 is 14.7. The molecule has 248 valence electrons. The molecule has 0 atom stereocenters. The van der Waals surface area contributed by atoms with Gasteiger partial charge in [0.15, 0.2) is 0 Å². The first-order valence-electron chi connectivity index (χ1n) is 15.7. The Morgan fingerprint density at radius 3 is 1.42 bits per heavy atom. The van der Waals surface area contributed by atoms with Gasteiger partial charge in [-0.15, -0.1) is 22.7 Å². The number of hydrogen-bond acceptors (Lipinski definition) is 8. The van der Waals surface area contributed by atoms with Crippen LogP contribution in [0.1, 0.15) is 32.0 Å². The van der Waals surface area contributed by atoms with E-state index in [4.69, 9.17) is 20.9 Å². The second kappa shape index (κ2) is 16.7. The summed E-state index contributed by atoms with van der Waals surface area (Å²) in [5.74, 6) is 1.22. The molecule has 4 aromatic heterocycles. The Morgan fingerprint density at radius 1 is 0.604 bits per heavy atom. The molecule has 4 heterocycles. The fourth-order valence-corrected chi connectivity index (χ4v) is 6.37. The van der Waals surface area contributed by atoms with Crippen LogP contribution in [0.4, 0.5) is 11.4 Å². The summed E-state index contributed by atoms with van der Waals surface area (Å²) in [5, 5.41) is 4.10. The minimum absolute atomic E-state index is 0.0783. The first kappa shape index (κ1) is 34.3. The SMILES string of the molecule is Cc1c(N)cccc1Cn1ccc(OCCc2cccs2)cc1=O.Cc1c(N)cccc1Cn1ccc(OCCc2cccs2)cc1=O. The van der Waals surface area contributed by atoms with Crippen molar-refractivity contribution in [2.75, 3.05) is 24.7 Å². The van der Waals surface area contributed by atoms with Gasteiger partial charge in [0.05, 0.1) is 26.3 Å². The van der Waals surface area contributed by atoms with Crippen molar-refractivity contribution in [1.29, 1.82) is 0 Å². The van der Waals surface area contributed by atoms with Gasteiger partial charge in [-0.2, -0.15) is 0 Å². The lowest BCUT2D eigenvalue weighted by Crippen LogP contribution is -2.20. The number of aromatic nitrogens is 2. The van der Waals surface area contributed by atoms with E-state index >= 15 is 0 Å².